The summed E-state index contributed by atoms with van der Waals surface area (Å²) in [5, 5.41) is 10.5. The molecule has 0 aliphatic carbocycles. The van der Waals surface area contributed by atoms with Crippen molar-refractivity contribution in [3.05, 3.63) is 22.2 Å². The zero-order valence-corrected chi connectivity index (χ0v) is 13.0. The van der Waals surface area contributed by atoms with Gasteiger partial charge >= 0.3 is 5.97 Å². The van der Waals surface area contributed by atoms with E-state index in [0.717, 1.165) is 9.88 Å². The molecular formula is C13H15N3O3S2. The van der Waals surface area contributed by atoms with Gasteiger partial charge in [0.1, 0.15) is 16.8 Å². The average molecular weight is 325 g/mol. The lowest BCUT2D eigenvalue weighted by Gasteiger charge is -2.52. The van der Waals surface area contributed by atoms with Crippen LogP contribution in [0.15, 0.2) is 12.3 Å². The Hall–Kier alpha value is -1.38. The molecule has 21 heavy (non-hydrogen) atoms. The minimum Gasteiger partial charge on any atom is -0.481 e. The summed E-state index contributed by atoms with van der Waals surface area (Å²) in [6.45, 7) is 2.08. The monoisotopic (exact) mass is 325 g/mol. The summed E-state index contributed by atoms with van der Waals surface area (Å²) in [6.07, 6.45) is 5.18. The topological polar surface area (TPSA) is 96.5 Å². The fraction of sp³-hybridized carbons (Fsp3) is 0.462. The number of rotatable bonds is 3. The van der Waals surface area contributed by atoms with E-state index in [1.54, 1.807) is 23.2 Å². The van der Waals surface area contributed by atoms with E-state index < -0.39 is 17.4 Å². The normalized spacial score (nSPS) is 32.1. The van der Waals surface area contributed by atoms with Gasteiger partial charge in [0.25, 0.3) is 0 Å². The molecule has 1 amide bonds. The number of thiazole rings is 1. The number of aliphatic carboxylic acids is 1. The molecule has 2 aliphatic rings. The van der Waals surface area contributed by atoms with E-state index in [1.165, 1.54) is 23.1 Å². The molecule has 6 nitrogen and oxygen atoms in total. The van der Waals surface area contributed by atoms with Gasteiger partial charge < -0.3 is 15.7 Å². The molecule has 0 bridgehead atoms. The zero-order valence-electron chi connectivity index (χ0n) is 11.4. The number of carboxylic acids is 1. The van der Waals surface area contributed by atoms with Crippen molar-refractivity contribution in [2.45, 2.75) is 18.3 Å². The summed E-state index contributed by atoms with van der Waals surface area (Å²) in [6, 6.07) is -0.491. The molecule has 3 N–H and O–H groups in total. The summed E-state index contributed by atoms with van der Waals surface area (Å²) in [5.74, 6) is -0.669. The van der Waals surface area contributed by atoms with Crippen molar-refractivity contribution in [2.24, 2.45) is 11.1 Å². The second-order valence-corrected chi connectivity index (χ2v) is 7.64. The average Bonchev–Trinajstić information content (AvgIpc) is 2.89. The molecule has 1 aromatic rings. The highest BCUT2D eigenvalue weighted by Crippen LogP contribution is 2.42. The summed E-state index contributed by atoms with van der Waals surface area (Å²) in [4.78, 5) is 30.1. The van der Waals surface area contributed by atoms with Crippen molar-refractivity contribution in [2.75, 3.05) is 12.3 Å². The second-order valence-electron chi connectivity index (χ2n) is 5.27. The van der Waals surface area contributed by atoms with Crippen LogP contribution in [0.5, 0.6) is 0 Å². The van der Waals surface area contributed by atoms with Gasteiger partial charge in [0, 0.05) is 23.4 Å². The molecule has 112 valence electrons. The number of aryl methyl sites for hydroxylation is 1. The first-order chi connectivity index (χ1) is 9.93. The van der Waals surface area contributed by atoms with E-state index >= 15 is 0 Å². The van der Waals surface area contributed by atoms with Crippen molar-refractivity contribution in [3.8, 4) is 0 Å². The van der Waals surface area contributed by atoms with Crippen LogP contribution in [-0.2, 0) is 9.59 Å². The van der Waals surface area contributed by atoms with Gasteiger partial charge in [-0.1, -0.05) is 6.08 Å². The highest BCUT2D eigenvalue weighted by atomic mass is 32.2. The van der Waals surface area contributed by atoms with Crippen LogP contribution < -0.4 is 5.73 Å². The van der Waals surface area contributed by atoms with E-state index in [1.807, 2.05) is 6.92 Å². The maximum absolute atomic E-state index is 11.7. The number of hydrogen-bond donors (Lipinski definition) is 2. The predicted octanol–water partition coefficient (Wildman–Crippen LogP) is 0.778. The van der Waals surface area contributed by atoms with Crippen LogP contribution in [0.3, 0.4) is 0 Å². The number of aromatic nitrogens is 1. The van der Waals surface area contributed by atoms with Gasteiger partial charge in [0.15, 0.2) is 0 Å². The Bertz CT molecular complexity index is 630. The molecule has 0 saturated carbocycles. The minimum atomic E-state index is -1.06. The van der Waals surface area contributed by atoms with Crippen molar-refractivity contribution in [1.29, 1.82) is 0 Å². The van der Waals surface area contributed by atoms with E-state index in [9.17, 15) is 14.7 Å². The van der Waals surface area contributed by atoms with Gasteiger partial charge in [-0.3, -0.25) is 9.59 Å². The molecule has 0 radical (unpaired) electrons. The van der Waals surface area contributed by atoms with Crippen molar-refractivity contribution < 1.29 is 14.7 Å². The lowest BCUT2D eigenvalue weighted by atomic mass is 9.86. The lowest BCUT2D eigenvalue weighted by Crippen LogP contribution is -2.71. The Kier molecular flexibility index (Phi) is 3.54. The van der Waals surface area contributed by atoms with Crippen molar-refractivity contribution in [3.63, 3.8) is 0 Å². The SMILES string of the molecule is Cc1ncc(C=CC2(C(=O)O)CS[C@@H]3C(N)C(=O)N3C2)s1. The summed E-state index contributed by atoms with van der Waals surface area (Å²) >= 11 is 2.94. The maximum Gasteiger partial charge on any atom is 0.316 e. The number of thioether (sulfide) groups is 1. The number of nitrogens with zero attached hydrogens (tertiary/aromatic N) is 2. The Morgan fingerprint density at radius 2 is 2.43 bits per heavy atom. The van der Waals surface area contributed by atoms with Gasteiger partial charge in [-0.15, -0.1) is 23.1 Å². The summed E-state index contributed by atoms with van der Waals surface area (Å²) in [5.41, 5.74) is 4.66. The number of nitrogens with two attached hydrogens (primary N) is 1. The molecule has 8 heteroatoms. The molecule has 0 spiro atoms. The third-order valence-corrected chi connectivity index (χ3v) is 6.23. The van der Waals surface area contributed by atoms with Crippen LogP contribution in [-0.4, -0.2) is 50.6 Å². The molecule has 3 heterocycles. The van der Waals surface area contributed by atoms with Crippen LogP contribution in [0.4, 0.5) is 0 Å². The van der Waals surface area contributed by atoms with Gasteiger partial charge in [-0.25, -0.2) is 4.98 Å². The Morgan fingerprint density at radius 3 is 3.05 bits per heavy atom. The molecule has 1 aromatic heterocycles. The fourth-order valence-electron chi connectivity index (χ4n) is 2.49. The predicted molar refractivity (Wildman–Crippen MR) is 81.9 cm³/mol. The van der Waals surface area contributed by atoms with Gasteiger partial charge in [-0.05, 0) is 13.0 Å². The standard InChI is InChI=1S/C13H15N3O3S2/c1-7-15-4-8(21-7)2-3-13(12(18)19)5-16-10(17)9(14)11(16)20-6-13/h2-4,9,11H,5-6,14H2,1H3,(H,18,19)/t9?,11-,13?/m1/s1. The van der Waals surface area contributed by atoms with E-state index in [4.69, 9.17) is 5.73 Å². The molecule has 3 rings (SSSR count). The quantitative estimate of drug-likeness (QED) is 0.797. The highest BCUT2D eigenvalue weighted by molar-refractivity contribution is 8.00. The number of carboxylic acid groups (broad SMARTS) is 1. The number of amides is 1. The van der Waals surface area contributed by atoms with Crippen molar-refractivity contribution >= 4 is 41.1 Å². The van der Waals surface area contributed by atoms with Gasteiger partial charge in [0.05, 0.1) is 5.01 Å². The van der Waals surface area contributed by atoms with E-state index in [-0.39, 0.29) is 17.8 Å². The minimum absolute atomic E-state index is 0.0796. The highest BCUT2D eigenvalue weighted by Gasteiger charge is 2.54. The fourth-order valence-corrected chi connectivity index (χ4v) is 4.64. The number of carbonyl (C=O) groups excluding carboxylic acids is 1. The first-order valence-corrected chi connectivity index (χ1v) is 8.32. The maximum atomic E-state index is 11.7. The Balaban J connectivity index is 1.83. The smallest absolute Gasteiger partial charge is 0.316 e. The molecule has 2 unspecified atom stereocenters. The number of carbonyl (C=O) groups is 2. The zero-order chi connectivity index (χ0) is 15.2. The number of hydrogen-bond acceptors (Lipinski definition) is 6. The number of β-lactam (4-membered cyclic amide) rings is 1. The molecule has 2 aliphatic heterocycles. The molecule has 2 saturated heterocycles. The van der Waals surface area contributed by atoms with Crippen LogP contribution in [0.25, 0.3) is 6.08 Å². The second kappa shape index (κ2) is 5.11. The van der Waals surface area contributed by atoms with Gasteiger partial charge in [-0.2, -0.15) is 0 Å². The van der Waals surface area contributed by atoms with Crippen LogP contribution in [0.2, 0.25) is 0 Å². The van der Waals surface area contributed by atoms with E-state index in [0.29, 0.717) is 5.75 Å². The third-order valence-electron chi connectivity index (χ3n) is 3.78. The summed E-state index contributed by atoms with van der Waals surface area (Å²) < 4.78 is 0. The first-order valence-electron chi connectivity index (χ1n) is 6.46. The first kappa shape index (κ1) is 14.6. The Morgan fingerprint density at radius 1 is 1.67 bits per heavy atom. The van der Waals surface area contributed by atoms with Crippen LogP contribution >= 0.6 is 23.1 Å². The third kappa shape index (κ3) is 2.37. The summed E-state index contributed by atoms with van der Waals surface area (Å²) in [7, 11) is 0. The van der Waals surface area contributed by atoms with E-state index in [2.05, 4.69) is 4.98 Å². The van der Waals surface area contributed by atoms with Crippen molar-refractivity contribution in [1.82, 2.24) is 9.88 Å². The Labute approximate surface area is 130 Å². The van der Waals surface area contributed by atoms with Crippen LogP contribution in [0.1, 0.15) is 9.88 Å². The van der Waals surface area contributed by atoms with Crippen LogP contribution in [0, 0.1) is 12.3 Å². The molecule has 2 fully saturated rings. The lowest BCUT2D eigenvalue weighted by molar-refractivity contribution is -0.153. The molecule has 3 atom stereocenters. The van der Waals surface area contributed by atoms with Gasteiger partial charge in [0.2, 0.25) is 5.91 Å². The number of fused-ring (bicyclic) bond motifs is 1. The largest absolute Gasteiger partial charge is 0.481 e. The molecule has 0 aromatic carbocycles. The molecular weight excluding hydrogens is 310 g/mol.